The van der Waals surface area contributed by atoms with E-state index in [4.69, 9.17) is 4.74 Å². The van der Waals surface area contributed by atoms with Gasteiger partial charge in [-0.15, -0.1) is 11.8 Å². The van der Waals surface area contributed by atoms with Crippen LogP contribution in [0.25, 0.3) is 0 Å². The monoisotopic (exact) mass is 382 g/mol. The number of pyridine rings is 1. The first kappa shape index (κ1) is 18.4. The number of hydrogen-bond acceptors (Lipinski definition) is 4. The van der Waals surface area contributed by atoms with Crippen LogP contribution in [-0.4, -0.2) is 40.2 Å². The molecule has 2 aromatic rings. The number of amides is 1. The number of fused-ring (bicyclic) bond motifs is 2. The van der Waals surface area contributed by atoms with E-state index in [1.165, 1.54) is 10.5 Å². The average Bonchev–Trinajstić information content (AvgIpc) is 2.98. The molecule has 2 fully saturated rings. The highest BCUT2D eigenvalue weighted by Crippen LogP contribution is 2.37. The van der Waals surface area contributed by atoms with Crippen LogP contribution in [0.2, 0.25) is 0 Å². The number of carbonyl (C=O) groups excluding carboxylic acids is 1. The number of benzene rings is 1. The highest BCUT2D eigenvalue weighted by atomic mass is 32.2. The topological polar surface area (TPSA) is 42.4 Å². The molecule has 27 heavy (non-hydrogen) atoms. The molecule has 1 aromatic carbocycles. The molecule has 2 unspecified atom stereocenters. The molecule has 2 bridgehead atoms. The van der Waals surface area contributed by atoms with E-state index in [1.807, 2.05) is 12.1 Å². The number of hydrogen-bond donors (Lipinski definition) is 0. The Kier molecular flexibility index (Phi) is 5.67. The van der Waals surface area contributed by atoms with E-state index in [0.29, 0.717) is 24.4 Å². The summed E-state index contributed by atoms with van der Waals surface area (Å²) in [7, 11) is 0. The third-order valence-corrected chi connectivity index (χ3v) is 6.46. The van der Waals surface area contributed by atoms with E-state index in [9.17, 15) is 4.79 Å². The van der Waals surface area contributed by atoms with Gasteiger partial charge in [0.25, 0.3) is 0 Å². The summed E-state index contributed by atoms with van der Waals surface area (Å²) in [5.41, 5.74) is 1.24. The first-order valence-electron chi connectivity index (χ1n) is 9.73. The van der Waals surface area contributed by atoms with Crippen LogP contribution in [0.1, 0.15) is 37.7 Å². The Bertz CT molecular complexity index is 752. The molecule has 1 aromatic heterocycles. The maximum Gasteiger partial charge on any atom is 0.223 e. The fraction of sp³-hybridized carbons (Fsp3) is 0.455. The number of aromatic nitrogens is 1. The largest absolute Gasteiger partial charge is 0.490 e. The summed E-state index contributed by atoms with van der Waals surface area (Å²) >= 11 is 1.74. The first-order valence-corrected chi connectivity index (χ1v) is 11.0. The standard InChI is InChI=1S/C22H26N2O2S/c1-27-21-7-2-16(3-8-21)4-9-22(25)24-17-5-6-18(24)15-20(14-17)26-19-10-12-23-13-11-19/h2-3,7-8,10-13,17-18,20H,4-6,9,14-15H2,1H3. The number of carbonyl (C=O) groups is 1. The number of ether oxygens (including phenoxy) is 1. The fourth-order valence-corrected chi connectivity index (χ4v) is 4.82. The van der Waals surface area contributed by atoms with Crippen molar-refractivity contribution in [3.63, 3.8) is 0 Å². The number of rotatable bonds is 6. The maximum absolute atomic E-state index is 12.9. The van der Waals surface area contributed by atoms with Crippen molar-refractivity contribution >= 4 is 17.7 Å². The molecule has 4 rings (SSSR count). The summed E-state index contributed by atoms with van der Waals surface area (Å²) in [6.45, 7) is 0. The lowest BCUT2D eigenvalue weighted by molar-refractivity contribution is -0.137. The highest BCUT2D eigenvalue weighted by molar-refractivity contribution is 7.98. The second-order valence-electron chi connectivity index (χ2n) is 7.43. The van der Waals surface area contributed by atoms with Gasteiger partial charge in [0.2, 0.25) is 5.91 Å². The van der Waals surface area contributed by atoms with Gasteiger partial charge in [-0.3, -0.25) is 9.78 Å². The van der Waals surface area contributed by atoms with Crippen LogP contribution in [0.3, 0.4) is 0 Å². The molecule has 0 spiro atoms. The van der Waals surface area contributed by atoms with E-state index in [1.54, 1.807) is 24.2 Å². The molecule has 0 N–H and O–H groups in total. The van der Waals surface area contributed by atoms with Gasteiger partial charge in [0.05, 0.1) is 0 Å². The van der Waals surface area contributed by atoms with Crippen molar-refractivity contribution < 1.29 is 9.53 Å². The summed E-state index contributed by atoms with van der Waals surface area (Å²) in [4.78, 5) is 20.4. The van der Waals surface area contributed by atoms with Gasteiger partial charge in [0.1, 0.15) is 11.9 Å². The predicted octanol–water partition coefficient (Wildman–Crippen LogP) is 4.34. The Balaban J connectivity index is 1.32. The van der Waals surface area contributed by atoms with E-state index in [2.05, 4.69) is 40.4 Å². The zero-order valence-corrected chi connectivity index (χ0v) is 16.5. The molecule has 142 valence electrons. The zero-order chi connectivity index (χ0) is 18.6. The van der Waals surface area contributed by atoms with Crippen LogP contribution in [0.4, 0.5) is 0 Å². The van der Waals surface area contributed by atoms with Crippen LogP contribution in [0, 0.1) is 0 Å². The minimum absolute atomic E-state index is 0.202. The summed E-state index contributed by atoms with van der Waals surface area (Å²) in [5, 5.41) is 0. The molecular formula is C22H26N2O2S. The summed E-state index contributed by atoms with van der Waals surface area (Å²) < 4.78 is 6.14. The van der Waals surface area contributed by atoms with Crippen LogP contribution < -0.4 is 4.74 Å². The van der Waals surface area contributed by atoms with Crippen LogP contribution >= 0.6 is 11.8 Å². The van der Waals surface area contributed by atoms with E-state index < -0.39 is 0 Å². The number of thioether (sulfide) groups is 1. The first-order chi connectivity index (χ1) is 13.2. The third-order valence-electron chi connectivity index (χ3n) is 5.72. The number of piperidine rings is 1. The molecule has 2 saturated heterocycles. The number of nitrogens with zero attached hydrogens (tertiary/aromatic N) is 2. The molecule has 2 aliphatic heterocycles. The molecule has 0 radical (unpaired) electrons. The smallest absolute Gasteiger partial charge is 0.223 e. The summed E-state index contributed by atoms with van der Waals surface area (Å²) in [6.07, 6.45) is 11.3. The van der Waals surface area contributed by atoms with E-state index in [0.717, 1.165) is 37.9 Å². The van der Waals surface area contributed by atoms with Crippen LogP contribution in [0.15, 0.2) is 53.7 Å². The van der Waals surface area contributed by atoms with Crippen LogP contribution in [0.5, 0.6) is 5.75 Å². The van der Waals surface area contributed by atoms with Gasteiger partial charge in [0.15, 0.2) is 0 Å². The quantitative estimate of drug-likeness (QED) is 0.697. The lowest BCUT2D eigenvalue weighted by Crippen LogP contribution is -2.49. The Morgan fingerprint density at radius 3 is 2.41 bits per heavy atom. The maximum atomic E-state index is 12.9. The van der Waals surface area contributed by atoms with Crippen molar-refractivity contribution in [2.75, 3.05) is 6.26 Å². The molecule has 0 saturated carbocycles. The second kappa shape index (κ2) is 8.34. The van der Waals surface area contributed by atoms with Crippen molar-refractivity contribution in [1.82, 2.24) is 9.88 Å². The minimum Gasteiger partial charge on any atom is -0.490 e. The fourth-order valence-electron chi connectivity index (χ4n) is 4.41. The van der Waals surface area contributed by atoms with Crippen LogP contribution in [-0.2, 0) is 11.2 Å². The predicted molar refractivity (Wildman–Crippen MR) is 108 cm³/mol. The normalized spacial score (nSPS) is 24.0. The van der Waals surface area contributed by atoms with Crippen molar-refractivity contribution in [3.05, 3.63) is 54.4 Å². The van der Waals surface area contributed by atoms with Gasteiger partial charge >= 0.3 is 0 Å². The number of aryl methyl sites for hydroxylation is 1. The molecule has 0 aliphatic carbocycles. The van der Waals surface area contributed by atoms with Crippen molar-refractivity contribution in [2.24, 2.45) is 0 Å². The van der Waals surface area contributed by atoms with E-state index >= 15 is 0 Å². The van der Waals surface area contributed by atoms with Gasteiger partial charge in [0, 0.05) is 48.6 Å². The average molecular weight is 383 g/mol. The Morgan fingerprint density at radius 1 is 1.11 bits per heavy atom. The minimum atomic E-state index is 0.202. The molecule has 2 atom stereocenters. The molecule has 3 heterocycles. The molecule has 4 nitrogen and oxygen atoms in total. The molecular weight excluding hydrogens is 356 g/mol. The lowest BCUT2D eigenvalue weighted by Gasteiger charge is -2.39. The van der Waals surface area contributed by atoms with Gasteiger partial charge in [-0.25, -0.2) is 0 Å². The lowest BCUT2D eigenvalue weighted by atomic mass is 9.98. The van der Waals surface area contributed by atoms with Gasteiger partial charge in [-0.05, 0) is 55.3 Å². The molecule has 1 amide bonds. The van der Waals surface area contributed by atoms with E-state index in [-0.39, 0.29) is 6.10 Å². The zero-order valence-electron chi connectivity index (χ0n) is 15.7. The Morgan fingerprint density at radius 2 is 1.78 bits per heavy atom. The van der Waals surface area contributed by atoms with Crippen molar-refractivity contribution in [2.45, 2.75) is 61.6 Å². The van der Waals surface area contributed by atoms with Crippen molar-refractivity contribution in [3.8, 4) is 5.75 Å². The van der Waals surface area contributed by atoms with Crippen molar-refractivity contribution in [1.29, 1.82) is 0 Å². The van der Waals surface area contributed by atoms with Gasteiger partial charge in [-0.1, -0.05) is 12.1 Å². The summed E-state index contributed by atoms with van der Waals surface area (Å²) in [5.74, 6) is 1.18. The Labute approximate surface area is 165 Å². The third kappa shape index (κ3) is 4.29. The molecule has 5 heteroatoms. The summed E-state index contributed by atoms with van der Waals surface area (Å²) in [6, 6.07) is 13.0. The second-order valence-corrected chi connectivity index (χ2v) is 8.31. The van der Waals surface area contributed by atoms with Gasteiger partial charge in [-0.2, -0.15) is 0 Å². The SMILES string of the molecule is CSc1ccc(CCC(=O)N2C3CCC2CC(Oc2ccncc2)C3)cc1. The molecule has 2 aliphatic rings. The highest BCUT2D eigenvalue weighted by Gasteiger charge is 2.43. The van der Waals surface area contributed by atoms with Gasteiger partial charge < -0.3 is 9.64 Å². The Hall–Kier alpha value is -2.01.